The Morgan fingerprint density at radius 3 is 1.19 bits per heavy atom. The highest BCUT2D eigenvalue weighted by atomic mass is 16.5. The van der Waals surface area contributed by atoms with Crippen LogP contribution in [-0.2, 0) is 9.59 Å². The van der Waals surface area contributed by atoms with Gasteiger partial charge in [-0.1, -0.05) is 60.7 Å². The van der Waals surface area contributed by atoms with Crippen LogP contribution in [0.5, 0.6) is 23.0 Å². The minimum absolute atomic E-state index is 0.140. The van der Waals surface area contributed by atoms with Crippen LogP contribution in [-0.4, -0.2) is 35.8 Å². The van der Waals surface area contributed by atoms with Crippen molar-refractivity contribution in [1.29, 1.82) is 0 Å². The van der Waals surface area contributed by atoms with E-state index in [1.54, 1.807) is 48.5 Å². The van der Waals surface area contributed by atoms with Gasteiger partial charge in [0.2, 0.25) is 12.2 Å². The Hall–Kier alpha value is -9.08. The summed E-state index contributed by atoms with van der Waals surface area (Å²) in [5.41, 5.74) is 3.28. The zero-order chi connectivity index (χ0) is 42.5. The normalized spacial score (nSPS) is 12.9. The summed E-state index contributed by atoms with van der Waals surface area (Å²) >= 11 is 0. The molecule has 0 aliphatic carbocycles. The van der Waals surface area contributed by atoms with Crippen LogP contribution in [0, 0.1) is 0 Å². The Balaban J connectivity index is 0.998. The van der Waals surface area contributed by atoms with Crippen LogP contribution in [0.2, 0.25) is 0 Å². The minimum atomic E-state index is -0.540. The molecule has 2 aliphatic rings. The molecule has 10 rings (SSSR count). The van der Waals surface area contributed by atoms with Crippen LogP contribution in [0.15, 0.2) is 168 Å². The van der Waals surface area contributed by atoms with Gasteiger partial charge in [0.1, 0.15) is 23.0 Å². The number of aliphatic imine (C=N–C) groups is 2. The van der Waals surface area contributed by atoms with Crippen molar-refractivity contribution in [3.05, 3.63) is 180 Å². The van der Waals surface area contributed by atoms with Crippen molar-refractivity contribution in [3.63, 3.8) is 0 Å². The van der Waals surface area contributed by atoms with Crippen LogP contribution < -0.4 is 19.3 Å². The van der Waals surface area contributed by atoms with Gasteiger partial charge in [0.05, 0.1) is 45.0 Å². The molecule has 0 spiro atoms. The first-order chi connectivity index (χ1) is 30.3. The number of nitrogens with zero attached hydrogens (tertiary/aromatic N) is 4. The minimum Gasteiger partial charge on any atom is -0.457 e. The number of imide groups is 2. The van der Waals surface area contributed by atoms with E-state index in [9.17, 15) is 28.8 Å². The second-order valence-electron chi connectivity index (χ2n) is 14.3. The van der Waals surface area contributed by atoms with Gasteiger partial charge in [-0.15, -0.1) is 0 Å². The summed E-state index contributed by atoms with van der Waals surface area (Å²) in [6, 6.07) is 45.4. The van der Waals surface area contributed by atoms with E-state index in [-0.39, 0.29) is 33.6 Å². The third kappa shape index (κ3) is 6.21. The summed E-state index contributed by atoms with van der Waals surface area (Å²) in [6.45, 7) is 0. The number of rotatable bonds is 9. The molecule has 62 heavy (non-hydrogen) atoms. The smallest absolute Gasteiger partial charge is 0.266 e. The third-order valence-electron chi connectivity index (χ3n) is 10.8. The van der Waals surface area contributed by atoms with Crippen molar-refractivity contribution >= 4 is 80.1 Å². The molecule has 0 unspecified atom stereocenters. The number of anilines is 2. The van der Waals surface area contributed by atoms with Crippen molar-refractivity contribution in [2.75, 3.05) is 9.80 Å². The van der Waals surface area contributed by atoms with Gasteiger partial charge in [-0.3, -0.25) is 19.2 Å². The highest BCUT2D eigenvalue weighted by Crippen LogP contribution is 2.48. The first kappa shape index (κ1) is 37.2. The summed E-state index contributed by atoms with van der Waals surface area (Å²) in [6.07, 6.45) is 2.90. The highest BCUT2D eigenvalue weighted by molar-refractivity contribution is 6.35. The lowest BCUT2D eigenvalue weighted by atomic mass is 9.92. The maximum absolute atomic E-state index is 13.4. The van der Waals surface area contributed by atoms with Crippen LogP contribution in [0.25, 0.3) is 32.7 Å². The summed E-state index contributed by atoms with van der Waals surface area (Å²) in [5, 5.41) is 3.67. The van der Waals surface area contributed by atoms with E-state index in [1.165, 1.54) is 48.6 Å². The quantitative estimate of drug-likeness (QED) is 0.0793. The lowest BCUT2D eigenvalue weighted by Gasteiger charge is -2.20. The zero-order valence-electron chi connectivity index (χ0n) is 32.1. The van der Waals surface area contributed by atoms with Gasteiger partial charge in [-0.05, 0) is 119 Å². The lowest BCUT2D eigenvalue weighted by Crippen LogP contribution is -2.29. The maximum atomic E-state index is 13.4. The number of hydrogen-bond donors (Lipinski definition) is 0. The molecule has 0 fully saturated rings. The molecule has 0 bridgehead atoms. The summed E-state index contributed by atoms with van der Waals surface area (Å²) in [5.74, 6) is -0.205. The molecule has 8 aromatic rings. The van der Waals surface area contributed by atoms with Gasteiger partial charge in [0.25, 0.3) is 23.6 Å². The van der Waals surface area contributed by atoms with Crippen molar-refractivity contribution in [3.8, 4) is 34.1 Å². The van der Waals surface area contributed by atoms with Crippen LogP contribution in [0.1, 0.15) is 41.4 Å². The Bertz CT molecular complexity index is 3130. The molecule has 0 atom stereocenters. The number of ether oxygens (including phenoxy) is 2. The summed E-state index contributed by atoms with van der Waals surface area (Å²) in [7, 11) is 0. The third-order valence-corrected chi connectivity index (χ3v) is 10.8. The second kappa shape index (κ2) is 14.9. The zero-order valence-corrected chi connectivity index (χ0v) is 32.1. The van der Waals surface area contributed by atoms with E-state index in [0.717, 1.165) is 42.5 Å². The molecular formula is C50H26N4O8. The number of carbonyl (C=O) groups is 4. The Labute approximate surface area is 351 Å². The SMILES string of the molecule is O=C=Nc1ccc2c(c1)C(=O)N(c1ccc(Oc3ccc4ccccc4c3-c3c(Oc4ccc(N5C(=O)c6ccc(N=C=O)cc6C5=O)cc4)ccc4ccccc34)cc1)C2=O. The molecule has 0 radical (unpaired) electrons. The van der Waals surface area contributed by atoms with E-state index in [0.29, 0.717) is 34.4 Å². The maximum Gasteiger partial charge on any atom is 0.266 e. The van der Waals surface area contributed by atoms with Gasteiger partial charge in [0.15, 0.2) is 0 Å². The molecular weight excluding hydrogens is 785 g/mol. The number of carbonyl (C=O) groups excluding carboxylic acids is 6. The molecule has 0 saturated carbocycles. The molecule has 0 saturated heterocycles. The number of isocyanates is 2. The van der Waals surface area contributed by atoms with Crippen molar-refractivity contribution < 1.29 is 38.2 Å². The second-order valence-corrected chi connectivity index (χ2v) is 14.3. The van der Waals surface area contributed by atoms with Gasteiger partial charge in [0, 0.05) is 11.1 Å². The fraction of sp³-hybridized carbons (Fsp3) is 0. The van der Waals surface area contributed by atoms with Crippen LogP contribution >= 0.6 is 0 Å². The van der Waals surface area contributed by atoms with E-state index < -0.39 is 23.6 Å². The fourth-order valence-electron chi connectivity index (χ4n) is 7.94. The van der Waals surface area contributed by atoms with E-state index >= 15 is 0 Å². The molecule has 294 valence electrons. The van der Waals surface area contributed by atoms with Gasteiger partial charge in [-0.25, -0.2) is 19.4 Å². The van der Waals surface area contributed by atoms with Crippen LogP contribution in [0.3, 0.4) is 0 Å². The standard InChI is InChI=1S/C50H26N4O8/c55-27-51-31-11-21-39-41(25-31)49(59)53(47(39)57)33-13-17-35(18-14-33)61-43-23-9-29-5-1-3-7-37(29)45(43)46-38-8-4-2-6-30(38)10-24-44(46)62-36-19-15-34(16-20-36)54-48(58)40-22-12-32(52-28-56)26-42(40)50(54)60/h1-26H. The highest BCUT2D eigenvalue weighted by Gasteiger charge is 2.38. The van der Waals surface area contributed by atoms with Gasteiger partial charge >= 0.3 is 0 Å². The van der Waals surface area contributed by atoms with Crippen molar-refractivity contribution in [2.45, 2.75) is 0 Å². The molecule has 0 N–H and O–H groups in total. The molecule has 12 nitrogen and oxygen atoms in total. The predicted octanol–water partition coefficient (Wildman–Crippen LogP) is 10.8. The molecule has 4 amide bonds. The number of fused-ring (bicyclic) bond motifs is 4. The largest absolute Gasteiger partial charge is 0.457 e. The fourth-order valence-corrected chi connectivity index (χ4v) is 7.94. The molecule has 8 aromatic carbocycles. The molecule has 2 aliphatic heterocycles. The summed E-state index contributed by atoms with van der Waals surface area (Å²) < 4.78 is 13.3. The van der Waals surface area contributed by atoms with Crippen molar-refractivity contribution in [2.24, 2.45) is 9.98 Å². The van der Waals surface area contributed by atoms with E-state index in [4.69, 9.17) is 9.47 Å². The lowest BCUT2D eigenvalue weighted by molar-refractivity contribution is 0.0910. The number of benzene rings is 8. The summed E-state index contributed by atoms with van der Waals surface area (Å²) in [4.78, 5) is 84.3. The first-order valence-corrected chi connectivity index (χ1v) is 19.1. The Kier molecular flexibility index (Phi) is 8.97. The number of amides is 4. The Morgan fingerprint density at radius 2 is 0.790 bits per heavy atom. The average molecular weight is 811 g/mol. The van der Waals surface area contributed by atoms with Gasteiger partial charge < -0.3 is 9.47 Å². The van der Waals surface area contributed by atoms with Crippen LogP contribution in [0.4, 0.5) is 22.7 Å². The topological polar surface area (TPSA) is 152 Å². The first-order valence-electron chi connectivity index (χ1n) is 19.1. The van der Waals surface area contributed by atoms with E-state index in [2.05, 4.69) is 9.98 Å². The molecule has 12 heteroatoms. The predicted molar refractivity (Wildman–Crippen MR) is 231 cm³/mol. The molecule has 0 aromatic heterocycles. The number of hydrogen-bond acceptors (Lipinski definition) is 10. The van der Waals surface area contributed by atoms with Gasteiger partial charge in [-0.2, -0.15) is 9.98 Å². The Morgan fingerprint density at radius 1 is 0.403 bits per heavy atom. The van der Waals surface area contributed by atoms with E-state index in [1.807, 2.05) is 72.8 Å². The average Bonchev–Trinajstić information content (AvgIpc) is 3.70. The molecule has 2 heterocycles. The van der Waals surface area contributed by atoms with Crippen molar-refractivity contribution in [1.82, 2.24) is 0 Å². The monoisotopic (exact) mass is 810 g/mol.